The summed E-state index contributed by atoms with van der Waals surface area (Å²) in [5, 5.41) is 0. The van der Waals surface area contributed by atoms with Gasteiger partial charge in [-0.05, 0) is 0 Å². The van der Waals surface area contributed by atoms with Crippen molar-refractivity contribution in [2.45, 2.75) is 68.2 Å². The molecule has 0 aromatic rings. The number of halogens is 2. The van der Waals surface area contributed by atoms with Gasteiger partial charge in [0.05, 0.1) is 0 Å². The maximum absolute atomic E-state index is 3.41. The topological polar surface area (TPSA) is 0 Å². The molecule has 0 heterocycles. The average Bonchev–Trinajstić information content (AvgIpc) is 3.08. The van der Waals surface area contributed by atoms with Crippen molar-refractivity contribution in [1.29, 1.82) is 0 Å². The van der Waals surface area contributed by atoms with Crippen LogP contribution < -0.4 is 24.8 Å². The Morgan fingerprint density at radius 2 is 0.880 bits per heavy atom. The van der Waals surface area contributed by atoms with Crippen LogP contribution in [0.5, 0.6) is 0 Å². The van der Waals surface area contributed by atoms with E-state index in [1.165, 1.54) is 22.3 Å². The molecule has 0 amide bonds. The minimum atomic E-state index is 0. The Hall–Kier alpha value is 0.423. The molecule has 0 radical (unpaired) electrons. The molecule has 2 rings (SSSR count). The predicted octanol–water partition coefficient (Wildman–Crippen LogP) is 0.722. The Labute approximate surface area is 188 Å². The summed E-state index contributed by atoms with van der Waals surface area (Å²) in [7, 11) is 0. The van der Waals surface area contributed by atoms with Gasteiger partial charge in [0.25, 0.3) is 0 Å². The van der Waals surface area contributed by atoms with Crippen LogP contribution in [0.1, 0.15) is 68.2 Å². The van der Waals surface area contributed by atoms with Gasteiger partial charge < -0.3 is 24.8 Å². The molecular formula is C22H34Cl2Zr. The standard InChI is InChI=1S/2C11H17.2ClH.Zr/c2*1-8(2)10-6-5-7-11(10)9(3)4;;;/h2*6,8-9H,5H2,1-4H3;2*1H;/q2*-1;;;+4/p-2. The van der Waals surface area contributed by atoms with Crippen LogP contribution in [0.25, 0.3) is 0 Å². The zero-order valence-electron chi connectivity index (χ0n) is 17.1. The predicted molar refractivity (Wildman–Crippen MR) is 98.3 cm³/mol. The average molecular weight is 461 g/mol. The second-order valence-corrected chi connectivity index (χ2v) is 7.53. The zero-order valence-corrected chi connectivity index (χ0v) is 21.1. The molecule has 0 atom stereocenters. The van der Waals surface area contributed by atoms with Gasteiger partial charge in [0.1, 0.15) is 0 Å². The normalized spacial score (nSPS) is 15.5. The van der Waals surface area contributed by atoms with Crippen LogP contribution >= 0.6 is 0 Å². The summed E-state index contributed by atoms with van der Waals surface area (Å²) in [6, 6.07) is 0. The van der Waals surface area contributed by atoms with E-state index < -0.39 is 0 Å². The molecule has 0 saturated carbocycles. The van der Waals surface area contributed by atoms with Gasteiger partial charge in [0.15, 0.2) is 0 Å². The molecule has 140 valence electrons. The third-order valence-corrected chi connectivity index (χ3v) is 4.25. The molecule has 0 N–H and O–H groups in total. The van der Waals surface area contributed by atoms with E-state index in [2.05, 4.69) is 79.7 Å². The van der Waals surface area contributed by atoms with Crippen LogP contribution in [-0.2, 0) is 26.2 Å². The smallest absolute Gasteiger partial charge is 1.00 e. The summed E-state index contributed by atoms with van der Waals surface area (Å²) >= 11 is 0. The minimum Gasteiger partial charge on any atom is -1.00 e. The molecule has 2 aliphatic carbocycles. The first-order chi connectivity index (χ1) is 10.3. The van der Waals surface area contributed by atoms with Crippen molar-refractivity contribution in [3.63, 3.8) is 0 Å². The monoisotopic (exact) mass is 458 g/mol. The van der Waals surface area contributed by atoms with Crippen molar-refractivity contribution < 1.29 is 51.0 Å². The molecule has 0 saturated heterocycles. The van der Waals surface area contributed by atoms with Crippen molar-refractivity contribution >= 4 is 0 Å². The number of hydrogen-bond donors (Lipinski definition) is 0. The molecule has 2 aliphatic rings. The Bertz CT molecular complexity index is 402. The molecule has 0 nitrogen and oxygen atoms in total. The SMILES string of the molecule is CC(C)C1=[C-]CC=C1C(C)C.CC(C)C1=[C-]CC=C1C(C)C.[Cl-].[Cl-].[Zr+4]. The molecule has 0 spiro atoms. The molecule has 0 fully saturated rings. The Morgan fingerprint density at radius 1 is 0.600 bits per heavy atom. The third-order valence-electron chi connectivity index (χ3n) is 4.25. The molecule has 0 unspecified atom stereocenters. The van der Waals surface area contributed by atoms with Crippen molar-refractivity contribution in [3.05, 3.63) is 46.6 Å². The number of allylic oxidation sites excluding steroid dienone is 8. The van der Waals surface area contributed by atoms with Gasteiger partial charge in [-0.2, -0.15) is 23.3 Å². The number of rotatable bonds is 4. The van der Waals surface area contributed by atoms with Gasteiger partial charge in [-0.1, -0.05) is 79.1 Å². The summed E-state index contributed by atoms with van der Waals surface area (Å²) in [6.45, 7) is 18.0. The van der Waals surface area contributed by atoms with Crippen molar-refractivity contribution in [2.24, 2.45) is 23.7 Å². The quantitative estimate of drug-likeness (QED) is 0.543. The first-order valence-electron chi connectivity index (χ1n) is 8.87. The maximum atomic E-state index is 3.41. The van der Waals surface area contributed by atoms with Gasteiger partial charge in [-0.3, -0.25) is 12.2 Å². The van der Waals surface area contributed by atoms with Crippen LogP contribution in [0.4, 0.5) is 0 Å². The van der Waals surface area contributed by atoms with Crippen LogP contribution in [0, 0.1) is 35.8 Å². The van der Waals surface area contributed by atoms with Gasteiger partial charge in [-0.25, -0.2) is 11.1 Å². The van der Waals surface area contributed by atoms with E-state index in [0.717, 1.165) is 12.8 Å². The van der Waals surface area contributed by atoms with E-state index in [1.807, 2.05) is 0 Å². The fourth-order valence-corrected chi connectivity index (χ4v) is 3.13. The summed E-state index contributed by atoms with van der Waals surface area (Å²) in [6.07, 6.45) is 13.5. The van der Waals surface area contributed by atoms with Crippen molar-refractivity contribution in [2.75, 3.05) is 0 Å². The summed E-state index contributed by atoms with van der Waals surface area (Å²) in [4.78, 5) is 0. The largest absolute Gasteiger partial charge is 4.00 e. The van der Waals surface area contributed by atoms with Crippen LogP contribution in [0.2, 0.25) is 0 Å². The Morgan fingerprint density at radius 3 is 1.04 bits per heavy atom. The first-order valence-corrected chi connectivity index (χ1v) is 8.87. The fourth-order valence-electron chi connectivity index (χ4n) is 3.13. The summed E-state index contributed by atoms with van der Waals surface area (Å²) < 4.78 is 0. The first kappa shape index (κ1) is 30.2. The second-order valence-electron chi connectivity index (χ2n) is 7.53. The molecule has 3 heteroatoms. The van der Waals surface area contributed by atoms with E-state index in [4.69, 9.17) is 0 Å². The van der Waals surface area contributed by atoms with E-state index in [1.54, 1.807) is 0 Å². The molecule has 0 bridgehead atoms. The van der Waals surface area contributed by atoms with Gasteiger partial charge in [-0.15, -0.1) is 12.8 Å². The van der Waals surface area contributed by atoms with Gasteiger partial charge >= 0.3 is 26.2 Å². The molecule has 0 aromatic heterocycles. The van der Waals surface area contributed by atoms with Gasteiger partial charge in [0.2, 0.25) is 0 Å². The van der Waals surface area contributed by atoms with E-state index in [-0.39, 0.29) is 51.0 Å². The zero-order chi connectivity index (χ0) is 16.9. The van der Waals surface area contributed by atoms with Crippen LogP contribution in [0.15, 0.2) is 34.4 Å². The fraction of sp³-hybridized carbons (Fsp3) is 0.636. The van der Waals surface area contributed by atoms with E-state index in [9.17, 15) is 0 Å². The maximum Gasteiger partial charge on any atom is 4.00 e. The summed E-state index contributed by atoms with van der Waals surface area (Å²) in [5.41, 5.74) is 5.92. The van der Waals surface area contributed by atoms with Gasteiger partial charge in [0, 0.05) is 0 Å². The van der Waals surface area contributed by atoms with Crippen molar-refractivity contribution in [1.82, 2.24) is 0 Å². The minimum absolute atomic E-state index is 0. The van der Waals surface area contributed by atoms with E-state index in [0.29, 0.717) is 23.7 Å². The van der Waals surface area contributed by atoms with Crippen LogP contribution in [0.3, 0.4) is 0 Å². The Kier molecular flexibility index (Phi) is 17.5. The molecule has 25 heavy (non-hydrogen) atoms. The van der Waals surface area contributed by atoms with Crippen LogP contribution in [-0.4, -0.2) is 0 Å². The Balaban J connectivity index is -0.000000346. The second kappa shape index (κ2) is 14.5. The number of hydrogen-bond acceptors (Lipinski definition) is 0. The molecule has 0 aliphatic heterocycles. The molecular weight excluding hydrogens is 426 g/mol. The van der Waals surface area contributed by atoms with Crippen molar-refractivity contribution in [3.8, 4) is 0 Å². The summed E-state index contributed by atoms with van der Waals surface area (Å²) in [5.74, 6) is 2.63. The third kappa shape index (κ3) is 9.26. The molecule has 0 aromatic carbocycles. The van der Waals surface area contributed by atoms with E-state index >= 15 is 0 Å².